The third kappa shape index (κ3) is 4.64. The Morgan fingerprint density at radius 2 is 2.18 bits per heavy atom. The average Bonchev–Trinajstić information content (AvgIpc) is 2.28. The number of benzene rings is 1. The van der Waals surface area contributed by atoms with E-state index in [1.54, 1.807) is 0 Å². The summed E-state index contributed by atoms with van der Waals surface area (Å²) in [5.41, 5.74) is 2.10. The quantitative estimate of drug-likeness (QED) is 0.777. The highest BCUT2D eigenvalue weighted by Gasteiger charge is 2.08. The van der Waals surface area contributed by atoms with E-state index < -0.39 is 6.67 Å². The Morgan fingerprint density at radius 3 is 2.82 bits per heavy atom. The standard InChI is InChI=1S/C13H19BrFNO/c1-3-5-16-9-11-8-12(14)7-10(2)13(11)17-6-4-15/h7-8,16H,3-6,9H2,1-2H3. The number of nitrogens with one attached hydrogen (secondary N) is 1. The molecule has 1 rings (SSSR count). The summed E-state index contributed by atoms with van der Waals surface area (Å²) >= 11 is 3.47. The first-order valence-corrected chi connectivity index (χ1v) is 6.66. The van der Waals surface area contributed by atoms with Gasteiger partial charge in [0.25, 0.3) is 0 Å². The van der Waals surface area contributed by atoms with Crippen molar-refractivity contribution in [1.82, 2.24) is 5.32 Å². The number of alkyl halides is 1. The van der Waals surface area contributed by atoms with Crippen LogP contribution in [0.3, 0.4) is 0 Å². The Balaban J connectivity index is 2.82. The molecule has 0 bridgehead atoms. The summed E-state index contributed by atoms with van der Waals surface area (Å²) in [5.74, 6) is 0.800. The van der Waals surface area contributed by atoms with Gasteiger partial charge in [-0.25, -0.2) is 4.39 Å². The topological polar surface area (TPSA) is 21.3 Å². The summed E-state index contributed by atoms with van der Waals surface area (Å²) in [6.07, 6.45) is 1.09. The van der Waals surface area contributed by atoms with Gasteiger partial charge in [-0.3, -0.25) is 0 Å². The Morgan fingerprint density at radius 1 is 1.41 bits per heavy atom. The molecule has 0 spiro atoms. The van der Waals surface area contributed by atoms with Gasteiger partial charge < -0.3 is 10.1 Å². The van der Waals surface area contributed by atoms with Crippen molar-refractivity contribution in [2.45, 2.75) is 26.8 Å². The highest BCUT2D eigenvalue weighted by molar-refractivity contribution is 9.10. The summed E-state index contributed by atoms with van der Waals surface area (Å²) in [5, 5.41) is 3.33. The first-order chi connectivity index (χ1) is 8.19. The van der Waals surface area contributed by atoms with Crippen molar-refractivity contribution in [3.05, 3.63) is 27.7 Å². The molecule has 1 aromatic carbocycles. The molecule has 1 N–H and O–H groups in total. The molecule has 17 heavy (non-hydrogen) atoms. The second kappa shape index (κ2) is 7.67. The van der Waals surface area contributed by atoms with E-state index in [-0.39, 0.29) is 6.61 Å². The number of hydrogen-bond donors (Lipinski definition) is 1. The lowest BCUT2D eigenvalue weighted by Gasteiger charge is -2.14. The van der Waals surface area contributed by atoms with Crippen LogP contribution in [0, 0.1) is 6.92 Å². The van der Waals surface area contributed by atoms with E-state index in [1.165, 1.54) is 0 Å². The first-order valence-electron chi connectivity index (χ1n) is 5.87. The number of hydrogen-bond acceptors (Lipinski definition) is 2. The molecular formula is C13H19BrFNO. The normalized spacial score (nSPS) is 10.6. The zero-order valence-corrected chi connectivity index (χ0v) is 11.9. The fourth-order valence-electron chi connectivity index (χ4n) is 1.68. The van der Waals surface area contributed by atoms with Gasteiger partial charge in [0.1, 0.15) is 19.0 Å². The van der Waals surface area contributed by atoms with Crippen molar-refractivity contribution >= 4 is 15.9 Å². The third-order valence-corrected chi connectivity index (χ3v) is 2.84. The average molecular weight is 304 g/mol. The van der Waals surface area contributed by atoms with Gasteiger partial charge in [0.05, 0.1) is 0 Å². The summed E-state index contributed by atoms with van der Waals surface area (Å²) in [6.45, 7) is 5.46. The van der Waals surface area contributed by atoms with Gasteiger partial charge in [-0.1, -0.05) is 22.9 Å². The summed E-state index contributed by atoms with van der Waals surface area (Å²) in [7, 11) is 0. The molecule has 1 aromatic rings. The van der Waals surface area contributed by atoms with E-state index in [2.05, 4.69) is 28.2 Å². The number of ether oxygens (including phenoxy) is 1. The van der Waals surface area contributed by atoms with Crippen molar-refractivity contribution in [3.8, 4) is 5.75 Å². The molecule has 0 unspecified atom stereocenters. The van der Waals surface area contributed by atoms with Crippen LogP contribution in [0.2, 0.25) is 0 Å². The molecule has 0 saturated heterocycles. The van der Waals surface area contributed by atoms with Gasteiger partial charge in [0.2, 0.25) is 0 Å². The van der Waals surface area contributed by atoms with Gasteiger partial charge in [-0.15, -0.1) is 0 Å². The van der Waals surface area contributed by atoms with E-state index in [1.807, 2.05) is 19.1 Å². The fourth-order valence-corrected chi connectivity index (χ4v) is 2.30. The molecule has 0 aliphatic heterocycles. The first kappa shape index (κ1) is 14.5. The smallest absolute Gasteiger partial charge is 0.126 e. The minimum absolute atomic E-state index is 0.114. The van der Waals surface area contributed by atoms with Crippen LogP contribution in [0.1, 0.15) is 24.5 Å². The van der Waals surface area contributed by atoms with E-state index in [0.717, 1.165) is 40.9 Å². The van der Waals surface area contributed by atoms with E-state index in [4.69, 9.17) is 4.74 Å². The van der Waals surface area contributed by atoms with Crippen molar-refractivity contribution in [1.29, 1.82) is 0 Å². The number of aryl methyl sites for hydroxylation is 1. The second-order valence-corrected chi connectivity index (χ2v) is 4.84. The molecule has 0 radical (unpaired) electrons. The minimum Gasteiger partial charge on any atom is -0.490 e. The van der Waals surface area contributed by atoms with Crippen LogP contribution in [-0.2, 0) is 6.54 Å². The lowest BCUT2D eigenvalue weighted by Crippen LogP contribution is -2.15. The van der Waals surface area contributed by atoms with Crippen molar-refractivity contribution in [2.24, 2.45) is 0 Å². The van der Waals surface area contributed by atoms with Crippen LogP contribution < -0.4 is 10.1 Å². The summed E-state index contributed by atoms with van der Waals surface area (Å²) in [6, 6.07) is 4.00. The van der Waals surface area contributed by atoms with Crippen molar-refractivity contribution < 1.29 is 9.13 Å². The lowest BCUT2D eigenvalue weighted by molar-refractivity contribution is 0.269. The van der Waals surface area contributed by atoms with Gasteiger partial charge in [-0.05, 0) is 37.6 Å². The van der Waals surface area contributed by atoms with E-state index in [0.29, 0.717) is 0 Å². The molecule has 0 atom stereocenters. The summed E-state index contributed by atoms with van der Waals surface area (Å²) < 4.78 is 18.7. The molecular weight excluding hydrogens is 285 g/mol. The second-order valence-electron chi connectivity index (χ2n) is 3.93. The van der Waals surface area contributed by atoms with Crippen LogP contribution in [0.25, 0.3) is 0 Å². The zero-order chi connectivity index (χ0) is 12.7. The van der Waals surface area contributed by atoms with Crippen molar-refractivity contribution in [3.63, 3.8) is 0 Å². The molecule has 0 amide bonds. The molecule has 0 heterocycles. The van der Waals surface area contributed by atoms with Crippen LogP contribution in [0.4, 0.5) is 4.39 Å². The van der Waals surface area contributed by atoms with Gasteiger partial charge in [-0.2, -0.15) is 0 Å². The molecule has 96 valence electrons. The predicted octanol–water partition coefficient (Wildman–Crippen LogP) is 3.61. The monoisotopic (exact) mass is 303 g/mol. The fraction of sp³-hybridized carbons (Fsp3) is 0.538. The number of rotatable bonds is 7. The Bertz CT molecular complexity index is 358. The van der Waals surface area contributed by atoms with Gasteiger partial charge in [0, 0.05) is 16.6 Å². The van der Waals surface area contributed by atoms with Crippen molar-refractivity contribution in [2.75, 3.05) is 19.8 Å². The SMILES string of the molecule is CCCNCc1cc(Br)cc(C)c1OCCF. The largest absolute Gasteiger partial charge is 0.490 e. The lowest BCUT2D eigenvalue weighted by atomic mass is 10.1. The van der Waals surface area contributed by atoms with Crippen LogP contribution in [0.15, 0.2) is 16.6 Å². The molecule has 0 fully saturated rings. The predicted molar refractivity (Wildman–Crippen MR) is 72.3 cm³/mol. The Hall–Kier alpha value is -0.610. The maximum Gasteiger partial charge on any atom is 0.126 e. The maximum atomic E-state index is 12.2. The van der Waals surface area contributed by atoms with Crippen LogP contribution >= 0.6 is 15.9 Å². The Labute approximate surface area is 111 Å². The molecule has 2 nitrogen and oxygen atoms in total. The third-order valence-electron chi connectivity index (χ3n) is 2.38. The van der Waals surface area contributed by atoms with E-state index in [9.17, 15) is 4.39 Å². The van der Waals surface area contributed by atoms with Gasteiger partial charge in [0.15, 0.2) is 0 Å². The van der Waals surface area contributed by atoms with Crippen LogP contribution in [-0.4, -0.2) is 19.8 Å². The summed E-state index contributed by atoms with van der Waals surface area (Å²) in [4.78, 5) is 0. The molecule has 0 aromatic heterocycles. The van der Waals surface area contributed by atoms with Gasteiger partial charge >= 0.3 is 0 Å². The molecule has 0 saturated carbocycles. The highest BCUT2D eigenvalue weighted by Crippen LogP contribution is 2.28. The highest BCUT2D eigenvalue weighted by atomic mass is 79.9. The van der Waals surface area contributed by atoms with Crippen LogP contribution in [0.5, 0.6) is 5.75 Å². The minimum atomic E-state index is -0.461. The molecule has 0 aliphatic carbocycles. The Kier molecular flexibility index (Phi) is 6.52. The van der Waals surface area contributed by atoms with E-state index >= 15 is 0 Å². The molecule has 4 heteroatoms. The molecule has 0 aliphatic rings. The zero-order valence-electron chi connectivity index (χ0n) is 10.4. The maximum absolute atomic E-state index is 12.2. The number of halogens is 2.